The Morgan fingerprint density at radius 3 is 2.83 bits per heavy atom. The molecule has 0 aliphatic heterocycles. The Kier molecular flexibility index (Phi) is 3.94. The summed E-state index contributed by atoms with van der Waals surface area (Å²) in [5.74, 6) is 1.34. The first-order valence-corrected chi connectivity index (χ1v) is 6.13. The van der Waals surface area contributed by atoms with E-state index in [-0.39, 0.29) is 0 Å². The van der Waals surface area contributed by atoms with E-state index in [2.05, 4.69) is 0 Å². The lowest BCUT2D eigenvalue weighted by molar-refractivity contribution is 0.217. The summed E-state index contributed by atoms with van der Waals surface area (Å²) in [5.41, 5.74) is 1.51. The first-order chi connectivity index (χ1) is 8.67. The number of aryl methyl sites for hydroxylation is 1. The standard InChI is InChI=1S/C14H15ClO3/c1-3-12-10(6-7-18-12)14(16)9-4-5-11(15)13(8-9)17-2/h4-8,14,16H,3H2,1-2H3. The van der Waals surface area contributed by atoms with E-state index in [4.69, 9.17) is 20.8 Å². The minimum Gasteiger partial charge on any atom is -0.495 e. The first kappa shape index (κ1) is 13.0. The second-order valence-electron chi connectivity index (χ2n) is 3.95. The quantitative estimate of drug-likeness (QED) is 0.920. The Balaban J connectivity index is 2.37. The third-order valence-corrected chi connectivity index (χ3v) is 3.20. The summed E-state index contributed by atoms with van der Waals surface area (Å²) in [7, 11) is 1.55. The Labute approximate surface area is 111 Å². The zero-order valence-electron chi connectivity index (χ0n) is 10.3. The van der Waals surface area contributed by atoms with Crippen molar-refractivity contribution in [3.8, 4) is 5.75 Å². The molecule has 2 aromatic rings. The predicted molar refractivity (Wildman–Crippen MR) is 70.2 cm³/mol. The summed E-state index contributed by atoms with van der Waals surface area (Å²) >= 11 is 5.96. The second kappa shape index (κ2) is 5.46. The Morgan fingerprint density at radius 2 is 2.17 bits per heavy atom. The van der Waals surface area contributed by atoms with Crippen molar-refractivity contribution in [2.45, 2.75) is 19.4 Å². The molecular formula is C14H15ClO3. The molecule has 0 spiro atoms. The number of rotatable bonds is 4. The summed E-state index contributed by atoms with van der Waals surface area (Å²) in [6.07, 6.45) is 1.60. The van der Waals surface area contributed by atoms with Gasteiger partial charge in [0.25, 0.3) is 0 Å². The molecule has 1 unspecified atom stereocenters. The van der Waals surface area contributed by atoms with Crippen LogP contribution in [0.3, 0.4) is 0 Å². The van der Waals surface area contributed by atoms with Crippen LogP contribution in [0.5, 0.6) is 5.75 Å². The molecule has 4 heteroatoms. The van der Waals surface area contributed by atoms with Crippen LogP contribution in [0.2, 0.25) is 5.02 Å². The lowest BCUT2D eigenvalue weighted by Crippen LogP contribution is -2.01. The highest BCUT2D eigenvalue weighted by molar-refractivity contribution is 6.32. The smallest absolute Gasteiger partial charge is 0.137 e. The van der Waals surface area contributed by atoms with E-state index in [1.165, 1.54) is 0 Å². The van der Waals surface area contributed by atoms with Gasteiger partial charge in [-0.25, -0.2) is 0 Å². The Hall–Kier alpha value is -1.45. The van der Waals surface area contributed by atoms with Gasteiger partial charge in [-0.15, -0.1) is 0 Å². The summed E-state index contributed by atoms with van der Waals surface area (Å²) in [5, 5.41) is 10.9. The van der Waals surface area contributed by atoms with Gasteiger partial charge in [0.2, 0.25) is 0 Å². The number of methoxy groups -OCH3 is 1. The maximum Gasteiger partial charge on any atom is 0.137 e. The average Bonchev–Trinajstić information content (AvgIpc) is 2.86. The van der Waals surface area contributed by atoms with Crippen molar-refractivity contribution >= 4 is 11.6 Å². The lowest BCUT2D eigenvalue weighted by atomic mass is 10.0. The van der Waals surface area contributed by atoms with Crippen molar-refractivity contribution in [2.24, 2.45) is 0 Å². The van der Waals surface area contributed by atoms with E-state index in [0.717, 1.165) is 23.3 Å². The summed E-state index contributed by atoms with van der Waals surface area (Å²) in [4.78, 5) is 0. The molecule has 0 fully saturated rings. The minimum atomic E-state index is -0.732. The number of aliphatic hydroxyl groups excluding tert-OH is 1. The number of halogens is 1. The third kappa shape index (κ3) is 2.37. The number of hydrogen-bond donors (Lipinski definition) is 1. The van der Waals surface area contributed by atoms with Gasteiger partial charge in [0.1, 0.15) is 17.6 Å². The van der Waals surface area contributed by atoms with Gasteiger partial charge in [-0.05, 0) is 23.8 Å². The van der Waals surface area contributed by atoms with E-state index in [9.17, 15) is 5.11 Å². The van der Waals surface area contributed by atoms with Crippen molar-refractivity contribution in [1.82, 2.24) is 0 Å². The first-order valence-electron chi connectivity index (χ1n) is 5.75. The number of hydrogen-bond acceptors (Lipinski definition) is 3. The molecule has 1 aromatic carbocycles. The summed E-state index contributed by atoms with van der Waals surface area (Å²) in [6, 6.07) is 7.01. The Bertz CT molecular complexity index is 534. The van der Waals surface area contributed by atoms with Gasteiger partial charge in [-0.2, -0.15) is 0 Å². The molecule has 0 aliphatic carbocycles. The highest BCUT2D eigenvalue weighted by Gasteiger charge is 2.17. The van der Waals surface area contributed by atoms with Gasteiger partial charge in [0.15, 0.2) is 0 Å². The SMILES string of the molecule is CCc1occc1C(O)c1ccc(Cl)c(OC)c1. The van der Waals surface area contributed by atoms with Crippen molar-refractivity contribution in [3.63, 3.8) is 0 Å². The molecule has 3 nitrogen and oxygen atoms in total. The topological polar surface area (TPSA) is 42.6 Å². The van der Waals surface area contributed by atoms with Crippen molar-refractivity contribution in [3.05, 3.63) is 52.4 Å². The monoisotopic (exact) mass is 266 g/mol. The van der Waals surface area contributed by atoms with E-state index in [1.807, 2.05) is 6.92 Å². The molecule has 1 N–H and O–H groups in total. The van der Waals surface area contributed by atoms with E-state index in [0.29, 0.717) is 10.8 Å². The fourth-order valence-electron chi connectivity index (χ4n) is 1.91. The second-order valence-corrected chi connectivity index (χ2v) is 4.36. The molecule has 1 heterocycles. The molecule has 96 valence electrons. The van der Waals surface area contributed by atoms with Crippen LogP contribution in [0.4, 0.5) is 0 Å². The van der Waals surface area contributed by atoms with E-state index >= 15 is 0 Å². The van der Waals surface area contributed by atoms with Crippen LogP contribution in [0.1, 0.15) is 29.9 Å². The van der Waals surface area contributed by atoms with Gasteiger partial charge in [0.05, 0.1) is 18.4 Å². The van der Waals surface area contributed by atoms with Crippen molar-refractivity contribution in [1.29, 1.82) is 0 Å². The van der Waals surface area contributed by atoms with E-state index < -0.39 is 6.10 Å². The van der Waals surface area contributed by atoms with Gasteiger partial charge in [-0.1, -0.05) is 24.6 Å². The molecule has 0 amide bonds. The minimum absolute atomic E-state index is 0.524. The molecule has 0 saturated carbocycles. The van der Waals surface area contributed by atoms with Gasteiger partial charge in [-0.3, -0.25) is 0 Å². The molecule has 0 bridgehead atoms. The maximum absolute atomic E-state index is 10.3. The molecular weight excluding hydrogens is 252 g/mol. The van der Waals surface area contributed by atoms with Crippen LogP contribution in [0.15, 0.2) is 34.9 Å². The molecule has 2 rings (SSSR count). The normalized spacial score (nSPS) is 12.4. The van der Waals surface area contributed by atoms with Crippen LogP contribution in [-0.2, 0) is 6.42 Å². The zero-order chi connectivity index (χ0) is 13.1. The molecule has 1 atom stereocenters. The van der Waals surface area contributed by atoms with E-state index in [1.54, 1.807) is 37.6 Å². The summed E-state index contributed by atoms with van der Waals surface area (Å²) < 4.78 is 10.5. The highest BCUT2D eigenvalue weighted by Crippen LogP contribution is 2.32. The Morgan fingerprint density at radius 1 is 1.39 bits per heavy atom. The lowest BCUT2D eigenvalue weighted by Gasteiger charge is -2.12. The van der Waals surface area contributed by atoms with Crippen LogP contribution in [-0.4, -0.2) is 12.2 Å². The predicted octanol–water partition coefficient (Wildman–Crippen LogP) is 3.59. The number of ether oxygens (including phenoxy) is 1. The highest BCUT2D eigenvalue weighted by atomic mass is 35.5. The number of aliphatic hydroxyl groups is 1. The number of furan rings is 1. The van der Waals surface area contributed by atoms with Crippen molar-refractivity contribution in [2.75, 3.05) is 7.11 Å². The van der Waals surface area contributed by atoms with Crippen LogP contribution in [0, 0.1) is 0 Å². The van der Waals surface area contributed by atoms with Crippen LogP contribution in [0.25, 0.3) is 0 Å². The van der Waals surface area contributed by atoms with Crippen LogP contribution < -0.4 is 4.74 Å². The molecule has 1 aromatic heterocycles. The average molecular weight is 267 g/mol. The van der Waals surface area contributed by atoms with Gasteiger partial charge < -0.3 is 14.3 Å². The summed E-state index contributed by atoms with van der Waals surface area (Å²) in [6.45, 7) is 1.98. The fraction of sp³-hybridized carbons (Fsp3) is 0.286. The number of benzene rings is 1. The third-order valence-electron chi connectivity index (χ3n) is 2.89. The molecule has 18 heavy (non-hydrogen) atoms. The molecule has 0 radical (unpaired) electrons. The maximum atomic E-state index is 10.3. The van der Waals surface area contributed by atoms with Crippen LogP contribution >= 0.6 is 11.6 Å². The molecule has 0 saturated heterocycles. The molecule has 0 aliphatic rings. The largest absolute Gasteiger partial charge is 0.495 e. The van der Waals surface area contributed by atoms with Gasteiger partial charge >= 0.3 is 0 Å². The van der Waals surface area contributed by atoms with Gasteiger partial charge in [0, 0.05) is 12.0 Å². The fourth-order valence-corrected chi connectivity index (χ4v) is 2.10. The van der Waals surface area contributed by atoms with Crippen molar-refractivity contribution < 1.29 is 14.3 Å². The zero-order valence-corrected chi connectivity index (χ0v) is 11.1.